The van der Waals surface area contributed by atoms with Crippen LogP contribution in [0, 0.1) is 0 Å². The molecule has 1 fully saturated rings. The zero-order chi connectivity index (χ0) is 16.9. The maximum atomic E-state index is 12.1. The van der Waals surface area contributed by atoms with E-state index in [1.807, 2.05) is 18.2 Å². The SMILES string of the molecule is CC(=O)c1ccc(Nc2ccc(C(=O)NC3CCCC3)nc2)cc1. The third kappa shape index (κ3) is 3.98. The summed E-state index contributed by atoms with van der Waals surface area (Å²) in [5, 5.41) is 6.23. The second-order valence-electron chi connectivity index (χ2n) is 6.15. The highest BCUT2D eigenvalue weighted by atomic mass is 16.2. The topological polar surface area (TPSA) is 71.1 Å². The van der Waals surface area contributed by atoms with Crippen LogP contribution in [0.1, 0.15) is 53.5 Å². The van der Waals surface area contributed by atoms with Crippen LogP contribution >= 0.6 is 0 Å². The lowest BCUT2D eigenvalue weighted by Gasteiger charge is -2.12. The zero-order valence-electron chi connectivity index (χ0n) is 13.7. The van der Waals surface area contributed by atoms with Gasteiger partial charge in [-0.05, 0) is 56.2 Å². The van der Waals surface area contributed by atoms with Crippen LogP contribution in [0.15, 0.2) is 42.6 Å². The molecule has 1 aromatic heterocycles. The van der Waals surface area contributed by atoms with Gasteiger partial charge in [0.05, 0.1) is 11.9 Å². The molecule has 1 saturated carbocycles. The van der Waals surface area contributed by atoms with E-state index >= 15 is 0 Å². The molecule has 0 spiro atoms. The summed E-state index contributed by atoms with van der Waals surface area (Å²) in [5.74, 6) is -0.0693. The number of Topliss-reactive ketones (excluding diaryl/α,β-unsaturated/α-hetero) is 1. The van der Waals surface area contributed by atoms with Crippen LogP contribution in [0.25, 0.3) is 0 Å². The maximum Gasteiger partial charge on any atom is 0.270 e. The molecule has 0 unspecified atom stereocenters. The standard InChI is InChI=1S/C19H21N3O2/c1-13(23)14-6-8-16(9-7-14)21-17-10-11-18(20-12-17)19(24)22-15-4-2-3-5-15/h6-12,15,21H,2-5H2,1H3,(H,22,24). The number of hydrogen-bond donors (Lipinski definition) is 2. The van der Waals surface area contributed by atoms with Gasteiger partial charge in [-0.1, -0.05) is 12.8 Å². The van der Waals surface area contributed by atoms with Crippen LogP contribution in [0.3, 0.4) is 0 Å². The summed E-state index contributed by atoms with van der Waals surface area (Å²) < 4.78 is 0. The Bertz CT molecular complexity index is 717. The molecule has 5 heteroatoms. The minimum atomic E-state index is -0.112. The van der Waals surface area contributed by atoms with Crippen LogP contribution in [0.5, 0.6) is 0 Å². The minimum absolute atomic E-state index is 0.0424. The molecule has 2 N–H and O–H groups in total. The first-order chi connectivity index (χ1) is 11.6. The first kappa shape index (κ1) is 16.2. The van der Waals surface area contributed by atoms with E-state index in [0.717, 1.165) is 24.2 Å². The first-order valence-corrected chi connectivity index (χ1v) is 8.27. The lowest BCUT2D eigenvalue weighted by atomic mass is 10.1. The maximum absolute atomic E-state index is 12.1. The number of hydrogen-bond acceptors (Lipinski definition) is 4. The first-order valence-electron chi connectivity index (χ1n) is 8.27. The lowest BCUT2D eigenvalue weighted by Crippen LogP contribution is -2.33. The monoisotopic (exact) mass is 323 g/mol. The second-order valence-corrected chi connectivity index (χ2v) is 6.15. The molecule has 0 bridgehead atoms. The molecule has 1 heterocycles. The number of ketones is 1. The average molecular weight is 323 g/mol. The number of nitrogens with zero attached hydrogens (tertiary/aromatic N) is 1. The highest BCUT2D eigenvalue weighted by Crippen LogP contribution is 2.19. The Hall–Kier alpha value is -2.69. The van der Waals surface area contributed by atoms with E-state index in [2.05, 4.69) is 15.6 Å². The van der Waals surface area contributed by atoms with Gasteiger partial charge in [0.1, 0.15) is 5.69 Å². The van der Waals surface area contributed by atoms with Crippen molar-refractivity contribution in [3.63, 3.8) is 0 Å². The Morgan fingerprint density at radius 1 is 1.00 bits per heavy atom. The van der Waals surface area contributed by atoms with Crippen molar-refractivity contribution >= 4 is 23.1 Å². The Morgan fingerprint density at radius 3 is 2.25 bits per heavy atom. The number of nitrogens with one attached hydrogen (secondary N) is 2. The minimum Gasteiger partial charge on any atom is -0.354 e. The fourth-order valence-corrected chi connectivity index (χ4v) is 2.89. The molecular formula is C19H21N3O2. The molecule has 2 aromatic rings. The molecule has 0 atom stereocenters. The average Bonchev–Trinajstić information content (AvgIpc) is 3.09. The van der Waals surface area contributed by atoms with E-state index in [-0.39, 0.29) is 17.7 Å². The Balaban J connectivity index is 1.61. The van der Waals surface area contributed by atoms with E-state index in [4.69, 9.17) is 0 Å². The van der Waals surface area contributed by atoms with Crippen LogP contribution < -0.4 is 10.6 Å². The molecule has 1 amide bonds. The second kappa shape index (κ2) is 7.25. The summed E-state index contributed by atoms with van der Waals surface area (Å²) in [6.45, 7) is 1.54. The van der Waals surface area contributed by atoms with Gasteiger partial charge in [0.2, 0.25) is 0 Å². The molecule has 0 radical (unpaired) electrons. The molecule has 3 rings (SSSR count). The summed E-state index contributed by atoms with van der Waals surface area (Å²) in [4.78, 5) is 27.7. The van der Waals surface area contributed by atoms with Crippen molar-refractivity contribution in [1.82, 2.24) is 10.3 Å². The lowest BCUT2D eigenvalue weighted by molar-refractivity contribution is 0.0932. The van der Waals surface area contributed by atoms with E-state index in [1.54, 1.807) is 31.3 Å². The van der Waals surface area contributed by atoms with Gasteiger partial charge in [0.15, 0.2) is 5.78 Å². The Kier molecular flexibility index (Phi) is 4.89. The van der Waals surface area contributed by atoms with Gasteiger partial charge >= 0.3 is 0 Å². The highest BCUT2D eigenvalue weighted by molar-refractivity contribution is 5.94. The number of carbonyl (C=O) groups excluding carboxylic acids is 2. The van der Waals surface area contributed by atoms with Crippen LogP contribution in [-0.4, -0.2) is 22.7 Å². The predicted octanol–water partition coefficient (Wildman–Crippen LogP) is 3.70. The van der Waals surface area contributed by atoms with Gasteiger partial charge < -0.3 is 10.6 Å². The number of benzene rings is 1. The van der Waals surface area contributed by atoms with Crippen molar-refractivity contribution in [3.05, 3.63) is 53.9 Å². The molecule has 1 aliphatic rings. The predicted molar refractivity (Wildman–Crippen MR) is 93.7 cm³/mol. The van der Waals surface area contributed by atoms with Crippen LogP contribution in [0.4, 0.5) is 11.4 Å². The molecule has 24 heavy (non-hydrogen) atoms. The fourth-order valence-electron chi connectivity index (χ4n) is 2.89. The van der Waals surface area contributed by atoms with Crippen molar-refractivity contribution in [2.45, 2.75) is 38.6 Å². The molecule has 0 saturated heterocycles. The summed E-state index contributed by atoms with van der Waals surface area (Å²) in [7, 11) is 0. The molecular weight excluding hydrogens is 302 g/mol. The summed E-state index contributed by atoms with van der Waals surface area (Å²) in [6, 6.07) is 11.1. The van der Waals surface area contributed by atoms with E-state index in [1.165, 1.54) is 12.8 Å². The van der Waals surface area contributed by atoms with Gasteiger partial charge in [0.25, 0.3) is 5.91 Å². The van der Waals surface area contributed by atoms with E-state index in [0.29, 0.717) is 11.3 Å². The summed E-state index contributed by atoms with van der Waals surface area (Å²) in [6.07, 6.45) is 6.12. The fraction of sp³-hybridized carbons (Fsp3) is 0.316. The third-order valence-corrected chi connectivity index (χ3v) is 4.27. The normalized spacial score (nSPS) is 14.4. The van der Waals surface area contributed by atoms with Crippen molar-refractivity contribution in [2.75, 3.05) is 5.32 Å². The van der Waals surface area contributed by atoms with Gasteiger partial charge in [-0.3, -0.25) is 9.59 Å². The van der Waals surface area contributed by atoms with Crippen molar-refractivity contribution in [1.29, 1.82) is 0 Å². The molecule has 5 nitrogen and oxygen atoms in total. The summed E-state index contributed by atoms with van der Waals surface area (Å²) >= 11 is 0. The van der Waals surface area contributed by atoms with E-state index < -0.39 is 0 Å². The highest BCUT2D eigenvalue weighted by Gasteiger charge is 2.18. The molecule has 1 aliphatic carbocycles. The van der Waals surface area contributed by atoms with Crippen molar-refractivity contribution in [2.24, 2.45) is 0 Å². The number of rotatable bonds is 5. The number of aromatic nitrogens is 1. The summed E-state index contributed by atoms with van der Waals surface area (Å²) in [5.41, 5.74) is 2.77. The molecule has 0 aliphatic heterocycles. The third-order valence-electron chi connectivity index (χ3n) is 4.27. The van der Waals surface area contributed by atoms with Gasteiger partial charge in [-0.15, -0.1) is 0 Å². The van der Waals surface area contributed by atoms with Crippen LogP contribution in [-0.2, 0) is 0 Å². The Labute approximate surface area is 141 Å². The van der Waals surface area contributed by atoms with Gasteiger partial charge in [0, 0.05) is 17.3 Å². The number of pyridine rings is 1. The number of amides is 1. The largest absolute Gasteiger partial charge is 0.354 e. The number of carbonyl (C=O) groups is 2. The smallest absolute Gasteiger partial charge is 0.270 e. The van der Waals surface area contributed by atoms with Crippen molar-refractivity contribution in [3.8, 4) is 0 Å². The van der Waals surface area contributed by atoms with E-state index in [9.17, 15) is 9.59 Å². The quantitative estimate of drug-likeness (QED) is 0.823. The molecule has 1 aromatic carbocycles. The van der Waals surface area contributed by atoms with Gasteiger partial charge in [-0.25, -0.2) is 4.98 Å². The van der Waals surface area contributed by atoms with Crippen molar-refractivity contribution < 1.29 is 9.59 Å². The van der Waals surface area contributed by atoms with Gasteiger partial charge in [-0.2, -0.15) is 0 Å². The molecule has 124 valence electrons. The Morgan fingerprint density at radius 2 is 1.67 bits per heavy atom. The number of anilines is 2. The van der Waals surface area contributed by atoms with Crippen LogP contribution in [0.2, 0.25) is 0 Å². The zero-order valence-corrected chi connectivity index (χ0v) is 13.7.